The maximum absolute atomic E-state index is 13.4. The van der Waals surface area contributed by atoms with Gasteiger partial charge in [-0.2, -0.15) is 0 Å². The normalized spacial score (nSPS) is 13.2. The van der Waals surface area contributed by atoms with Gasteiger partial charge in [0.25, 0.3) is 0 Å². The zero-order valence-electron chi connectivity index (χ0n) is 9.18. The molecule has 17 heavy (non-hydrogen) atoms. The number of rotatable bonds is 3. The third-order valence-electron chi connectivity index (χ3n) is 2.09. The van der Waals surface area contributed by atoms with Gasteiger partial charge in [0.2, 0.25) is 0 Å². The summed E-state index contributed by atoms with van der Waals surface area (Å²) in [6.07, 6.45) is -1.04. The van der Waals surface area contributed by atoms with Gasteiger partial charge in [0.15, 0.2) is 15.9 Å². The lowest BCUT2D eigenvalue weighted by Crippen LogP contribution is -2.17. The average molecular weight is 262 g/mol. The Labute approximate surface area is 97.8 Å². The van der Waals surface area contributed by atoms with Gasteiger partial charge in [-0.15, -0.1) is 0 Å². The van der Waals surface area contributed by atoms with Crippen LogP contribution in [0, 0.1) is 5.82 Å². The number of benzene rings is 1. The molecule has 0 aliphatic carbocycles. The lowest BCUT2D eigenvalue weighted by atomic mass is 10.1. The van der Waals surface area contributed by atoms with Crippen molar-refractivity contribution in [2.45, 2.75) is 11.0 Å². The maximum Gasteiger partial charge on any atom is 0.339 e. The van der Waals surface area contributed by atoms with E-state index in [1.54, 1.807) is 0 Å². The number of aliphatic hydroxyl groups excluding tert-OH is 1. The van der Waals surface area contributed by atoms with E-state index >= 15 is 0 Å². The van der Waals surface area contributed by atoms with Gasteiger partial charge in [0, 0.05) is 11.8 Å². The Morgan fingerprint density at radius 1 is 1.47 bits per heavy atom. The molecule has 5 nitrogen and oxygen atoms in total. The van der Waals surface area contributed by atoms with Gasteiger partial charge in [-0.3, -0.25) is 0 Å². The number of halogens is 1. The third kappa shape index (κ3) is 2.80. The van der Waals surface area contributed by atoms with Gasteiger partial charge >= 0.3 is 5.97 Å². The first-order valence-electron chi connectivity index (χ1n) is 4.53. The number of carbonyl (C=O) groups excluding carboxylic acids is 1. The van der Waals surface area contributed by atoms with Crippen LogP contribution in [0.1, 0.15) is 11.7 Å². The van der Waals surface area contributed by atoms with E-state index in [-0.39, 0.29) is 5.56 Å². The molecule has 0 aliphatic heterocycles. The summed E-state index contributed by atoms with van der Waals surface area (Å²) in [6.45, 7) is 0. The molecule has 0 spiro atoms. The van der Waals surface area contributed by atoms with Crippen LogP contribution >= 0.6 is 0 Å². The molecule has 0 radical (unpaired) electrons. The number of esters is 1. The lowest BCUT2D eigenvalue weighted by Gasteiger charge is -2.13. The quantitative estimate of drug-likeness (QED) is 0.799. The second-order valence-electron chi connectivity index (χ2n) is 3.36. The van der Waals surface area contributed by atoms with Gasteiger partial charge in [0.1, 0.15) is 10.7 Å². The number of methoxy groups -OCH3 is 1. The molecule has 0 fully saturated rings. The molecular weight excluding hydrogens is 251 g/mol. The maximum atomic E-state index is 13.4. The van der Waals surface area contributed by atoms with E-state index in [9.17, 15) is 22.7 Å². The van der Waals surface area contributed by atoms with Gasteiger partial charge in [-0.05, 0) is 6.07 Å². The topological polar surface area (TPSA) is 80.7 Å². The summed E-state index contributed by atoms with van der Waals surface area (Å²) in [6, 6.07) is 3.29. The van der Waals surface area contributed by atoms with E-state index in [1.165, 1.54) is 6.07 Å². The van der Waals surface area contributed by atoms with Crippen molar-refractivity contribution < 1.29 is 27.4 Å². The van der Waals surface area contributed by atoms with Crippen molar-refractivity contribution in [2.24, 2.45) is 0 Å². The molecule has 1 aromatic carbocycles. The first-order valence-corrected chi connectivity index (χ1v) is 6.42. The van der Waals surface area contributed by atoms with Crippen LogP contribution in [-0.4, -0.2) is 32.9 Å². The molecule has 0 heterocycles. The van der Waals surface area contributed by atoms with Crippen molar-refractivity contribution >= 4 is 15.8 Å². The van der Waals surface area contributed by atoms with Crippen molar-refractivity contribution in [3.05, 3.63) is 29.6 Å². The Bertz CT molecular complexity index is 538. The molecule has 7 heteroatoms. The Morgan fingerprint density at radius 2 is 2.06 bits per heavy atom. The van der Waals surface area contributed by atoms with Crippen LogP contribution < -0.4 is 0 Å². The third-order valence-corrected chi connectivity index (χ3v) is 3.26. The molecule has 1 unspecified atom stereocenters. The van der Waals surface area contributed by atoms with Crippen LogP contribution in [0.2, 0.25) is 0 Å². The Morgan fingerprint density at radius 3 is 2.53 bits per heavy atom. The molecule has 1 aromatic rings. The van der Waals surface area contributed by atoms with Gasteiger partial charge in [-0.25, -0.2) is 17.6 Å². The van der Waals surface area contributed by atoms with Gasteiger partial charge in [0.05, 0.1) is 7.11 Å². The summed E-state index contributed by atoms with van der Waals surface area (Å²) in [5.41, 5.74) is -0.334. The van der Waals surface area contributed by atoms with Crippen molar-refractivity contribution in [1.29, 1.82) is 0 Å². The number of carbonyl (C=O) groups is 1. The standard InChI is InChI=1S/C10H11FO5S/c1-16-10(13)8(12)6-4-3-5-7(11)9(6)17(2,14)15/h3-5,8,12H,1-2H3. The lowest BCUT2D eigenvalue weighted by molar-refractivity contribution is -0.150. The van der Waals surface area contributed by atoms with Crippen molar-refractivity contribution in [2.75, 3.05) is 13.4 Å². The van der Waals surface area contributed by atoms with E-state index in [1.807, 2.05) is 0 Å². The van der Waals surface area contributed by atoms with Crippen LogP contribution in [0.5, 0.6) is 0 Å². The second-order valence-corrected chi connectivity index (χ2v) is 5.31. The highest BCUT2D eigenvalue weighted by molar-refractivity contribution is 7.90. The van der Waals surface area contributed by atoms with Crippen LogP contribution in [-0.2, 0) is 19.4 Å². The van der Waals surface area contributed by atoms with Crippen LogP contribution in [0.3, 0.4) is 0 Å². The number of sulfone groups is 1. The predicted octanol–water partition coefficient (Wildman–Crippen LogP) is 0.436. The Kier molecular flexibility index (Phi) is 3.84. The summed E-state index contributed by atoms with van der Waals surface area (Å²) in [5, 5.41) is 9.55. The van der Waals surface area contributed by atoms with Gasteiger partial charge < -0.3 is 9.84 Å². The molecule has 0 aliphatic rings. The van der Waals surface area contributed by atoms with Crippen molar-refractivity contribution in [3.8, 4) is 0 Å². The minimum atomic E-state index is -3.89. The molecular formula is C10H11FO5S. The van der Waals surface area contributed by atoms with Crippen LogP contribution in [0.15, 0.2) is 23.1 Å². The summed E-state index contributed by atoms with van der Waals surface area (Å²) in [4.78, 5) is 10.4. The summed E-state index contributed by atoms with van der Waals surface area (Å²) >= 11 is 0. The number of hydrogen-bond donors (Lipinski definition) is 1. The van der Waals surface area contributed by atoms with Gasteiger partial charge in [-0.1, -0.05) is 12.1 Å². The zero-order chi connectivity index (χ0) is 13.2. The molecule has 1 N–H and O–H groups in total. The largest absolute Gasteiger partial charge is 0.467 e. The van der Waals surface area contributed by atoms with E-state index in [2.05, 4.69) is 4.74 Å². The highest BCUT2D eigenvalue weighted by Gasteiger charge is 2.27. The van der Waals surface area contributed by atoms with Crippen molar-refractivity contribution in [3.63, 3.8) is 0 Å². The van der Waals surface area contributed by atoms with E-state index < -0.39 is 32.6 Å². The molecule has 0 bridgehead atoms. The van der Waals surface area contributed by atoms with Crippen LogP contribution in [0.25, 0.3) is 0 Å². The summed E-state index contributed by atoms with van der Waals surface area (Å²) in [5.74, 6) is -2.08. The fraction of sp³-hybridized carbons (Fsp3) is 0.300. The smallest absolute Gasteiger partial charge is 0.339 e. The average Bonchev–Trinajstić information content (AvgIpc) is 2.24. The zero-order valence-corrected chi connectivity index (χ0v) is 9.99. The predicted molar refractivity (Wildman–Crippen MR) is 56.5 cm³/mol. The molecule has 1 atom stereocenters. The van der Waals surface area contributed by atoms with E-state index in [0.717, 1.165) is 25.5 Å². The molecule has 0 amide bonds. The van der Waals surface area contributed by atoms with E-state index in [0.29, 0.717) is 0 Å². The first kappa shape index (κ1) is 13.6. The highest BCUT2D eigenvalue weighted by atomic mass is 32.2. The minimum absolute atomic E-state index is 0.334. The monoisotopic (exact) mass is 262 g/mol. The Hall–Kier alpha value is -1.47. The summed E-state index contributed by atoms with van der Waals surface area (Å²) < 4.78 is 40.5. The van der Waals surface area contributed by atoms with Crippen LogP contribution in [0.4, 0.5) is 4.39 Å². The van der Waals surface area contributed by atoms with Crippen molar-refractivity contribution in [1.82, 2.24) is 0 Å². The minimum Gasteiger partial charge on any atom is -0.467 e. The fourth-order valence-electron chi connectivity index (χ4n) is 1.37. The summed E-state index contributed by atoms with van der Waals surface area (Å²) in [7, 11) is -2.86. The number of hydrogen-bond acceptors (Lipinski definition) is 5. The molecule has 0 saturated heterocycles. The number of ether oxygens (including phenoxy) is 1. The van der Waals surface area contributed by atoms with E-state index in [4.69, 9.17) is 0 Å². The Balaban J connectivity index is 3.45. The number of aliphatic hydroxyl groups is 1. The molecule has 0 saturated carbocycles. The first-order chi connectivity index (χ1) is 7.79. The second kappa shape index (κ2) is 4.80. The fourth-order valence-corrected chi connectivity index (χ4v) is 2.40. The molecule has 1 rings (SSSR count). The highest BCUT2D eigenvalue weighted by Crippen LogP contribution is 2.25. The molecule has 94 valence electrons. The SMILES string of the molecule is COC(=O)C(O)c1cccc(F)c1S(C)(=O)=O. The molecule has 0 aromatic heterocycles.